The van der Waals surface area contributed by atoms with Crippen LogP contribution in [0.1, 0.15) is 75.8 Å². The van der Waals surface area contributed by atoms with E-state index in [9.17, 15) is 9.36 Å². The Hall–Kier alpha value is -1.24. The molecule has 1 aromatic rings. The highest BCUT2D eigenvalue weighted by atomic mass is 31.2. The number of carbonyl (C=O) groups excluding carboxylic acids is 1. The quantitative estimate of drug-likeness (QED) is 0.281. The van der Waals surface area contributed by atoms with Gasteiger partial charge in [0.05, 0.1) is 0 Å². The van der Waals surface area contributed by atoms with Gasteiger partial charge in [0.15, 0.2) is 0 Å². The van der Waals surface area contributed by atoms with Crippen molar-refractivity contribution in [1.29, 1.82) is 0 Å². The minimum absolute atomic E-state index is 0. The highest BCUT2D eigenvalue weighted by Crippen LogP contribution is 2.39. The molecular formula is C22H39N2O5P. The largest absolute Gasteiger partial charge is 0.469 e. The molecule has 0 bridgehead atoms. The number of carbonyl (C=O) groups is 1. The van der Waals surface area contributed by atoms with E-state index < -0.39 is 13.9 Å². The molecule has 0 spiro atoms. The summed E-state index contributed by atoms with van der Waals surface area (Å²) in [4.78, 5) is 31.2. The van der Waals surface area contributed by atoms with Gasteiger partial charge in [-0.05, 0) is 43.2 Å². The highest BCUT2D eigenvalue weighted by molar-refractivity contribution is 7.46. The molecular weight excluding hydrogens is 403 g/mol. The van der Waals surface area contributed by atoms with Gasteiger partial charge in [0, 0.05) is 19.5 Å². The van der Waals surface area contributed by atoms with Crippen LogP contribution in [-0.2, 0) is 26.7 Å². The first-order valence-electron chi connectivity index (χ1n) is 11.0. The second-order valence-corrected chi connectivity index (χ2v) is 9.25. The molecule has 0 aliphatic carbocycles. The van der Waals surface area contributed by atoms with Crippen molar-refractivity contribution in [3.8, 4) is 0 Å². The third-order valence-corrected chi connectivity index (χ3v) is 5.98. The van der Waals surface area contributed by atoms with E-state index in [-0.39, 0.29) is 25.1 Å². The molecule has 0 saturated carbocycles. The Morgan fingerprint density at radius 2 is 1.60 bits per heavy atom. The first kappa shape index (κ1) is 26.8. The monoisotopic (exact) mass is 442 g/mol. The number of hydrogen-bond acceptors (Lipinski definition) is 4. The number of aryl methyl sites for hydroxylation is 2. The molecule has 0 aromatic heterocycles. The number of phosphoric ester groups is 1. The average molecular weight is 443 g/mol. The lowest BCUT2D eigenvalue weighted by Gasteiger charge is -2.38. The summed E-state index contributed by atoms with van der Waals surface area (Å²) in [5.41, 5.74) is 2.81. The van der Waals surface area contributed by atoms with Crippen molar-refractivity contribution < 1.29 is 23.7 Å². The van der Waals surface area contributed by atoms with Crippen LogP contribution in [0.5, 0.6) is 0 Å². The Bertz CT molecular complexity index is 673. The van der Waals surface area contributed by atoms with Gasteiger partial charge in [-0.25, -0.2) is 4.57 Å². The molecule has 1 aliphatic heterocycles. The summed E-state index contributed by atoms with van der Waals surface area (Å²) in [6.07, 6.45) is 11.6. The average Bonchev–Trinajstić information content (AvgIpc) is 2.63. The molecule has 2 rings (SSSR count). The van der Waals surface area contributed by atoms with Crippen LogP contribution in [0.4, 0.5) is 0 Å². The van der Waals surface area contributed by atoms with Gasteiger partial charge in [0.2, 0.25) is 5.91 Å². The second kappa shape index (κ2) is 13.9. The van der Waals surface area contributed by atoms with Crippen LogP contribution in [0, 0.1) is 0 Å². The zero-order valence-electron chi connectivity index (χ0n) is 18.3. The zero-order valence-corrected chi connectivity index (χ0v) is 19.2. The molecule has 5 N–H and O–H groups in total. The van der Waals surface area contributed by atoms with Gasteiger partial charge < -0.3 is 20.8 Å². The summed E-state index contributed by atoms with van der Waals surface area (Å²) >= 11 is 0. The molecule has 0 unspecified atom stereocenters. The van der Waals surface area contributed by atoms with E-state index in [0.717, 1.165) is 32.1 Å². The van der Waals surface area contributed by atoms with Crippen molar-refractivity contribution in [3.63, 3.8) is 0 Å². The van der Waals surface area contributed by atoms with Gasteiger partial charge in [-0.3, -0.25) is 9.32 Å². The standard InChI is InChI=1S/C22H36NO5P.H3N/c1-2-3-4-5-7-11-19-13-10-14-20(16-19)12-8-6-9-15-22(24)23-17-21(18-23)28-29(25,26)27;/h10,13-14,16,21H,2-9,11-12,15,17-18H2,1H3,(H2,25,26,27);1H3. The molecule has 1 saturated heterocycles. The summed E-state index contributed by atoms with van der Waals surface area (Å²) in [5, 5.41) is 0. The van der Waals surface area contributed by atoms with Crippen LogP contribution in [0.3, 0.4) is 0 Å². The Morgan fingerprint density at radius 3 is 2.17 bits per heavy atom. The Morgan fingerprint density at radius 1 is 1.03 bits per heavy atom. The van der Waals surface area contributed by atoms with E-state index >= 15 is 0 Å². The summed E-state index contributed by atoms with van der Waals surface area (Å²) in [6, 6.07) is 8.89. The van der Waals surface area contributed by atoms with Crippen molar-refractivity contribution in [2.75, 3.05) is 13.1 Å². The molecule has 1 heterocycles. The smallest absolute Gasteiger partial charge is 0.344 e. The molecule has 1 fully saturated rings. The van der Waals surface area contributed by atoms with E-state index in [0.29, 0.717) is 6.42 Å². The predicted molar refractivity (Wildman–Crippen MR) is 120 cm³/mol. The lowest BCUT2D eigenvalue weighted by atomic mass is 10.0. The van der Waals surface area contributed by atoms with Crippen LogP contribution in [-0.4, -0.2) is 39.8 Å². The zero-order chi connectivity index (χ0) is 21.1. The van der Waals surface area contributed by atoms with Crippen LogP contribution >= 0.6 is 7.82 Å². The molecule has 0 radical (unpaired) electrons. The number of likely N-dealkylation sites (tertiary alicyclic amines) is 1. The van der Waals surface area contributed by atoms with Crippen molar-refractivity contribution >= 4 is 13.7 Å². The lowest BCUT2D eigenvalue weighted by molar-refractivity contribution is -0.140. The SMILES string of the molecule is CCCCCCCc1cccc(CCCCCC(=O)N2CC(OP(=O)(O)O)C2)c1.N. The van der Waals surface area contributed by atoms with E-state index in [1.54, 1.807) is 4.90 Å². The Kier molecular flexibility index (Phi) is 12.5. The molecule has 8 heteroatoms. The van der Waals surface area contributed by atoms with Gasteiger partial charge in [-0.2, -0.15) is 0 Å². The van der Waals surface area contributed by atoms with Gasteiger partial charge in [0.25, 0.3) is 0 Å². The molecule has 0 atom stereocenters. The van der Waals surface area contributed by atoms with Crippen LogP contribution < -0.4 is 6.15 Å². The topological polar surface area (TPSA) is 122 Å². The van der Waals surface area contributed by atoms with Gasteiger partial charge in [-0.1, -0.05) is 63.3 Å². The van der Waals surface area contributed by atoms with Crippen molar-refractivity contribution in [3.05, 3.63) is 35.4 Å². The van der Waals surface area contributed by atoms with Crippen molar-refractivity contribution in [2.45, 2.75) is 83.7 Å². The number of benzene rings is 1. The van der Waals surface area contributed by atoms with Gasteiger partial charge in [0.1, 0.15) is 6.10 Å². The van der Waals surface area contributed by atoms with Crippen LogP contribution in [0.15, 0.2) is 24.3 Å². The fourth-order valence-corrected chi connectivity index (χ4v) is 4.24. The van der Waals surface area contributed by atoms with E-state index in [4.69, 9.17) is 9.79 Å². The van der Waals surface area contributed by atoms with E-state index in [1.807, 2.05) is 0 Å². The molecule has 1 amide bonds. The van der Waals surface area contributed by atoms with Gasteiger partial charge >= 0.3 is 7.82 Å². The number of phosphoric acid groups is 1. The van der Waals surface area contributed by atoms with E-state index in [1.165, 1.54) is 43.2 Å². The predicted octanol–water partition coefficient (Wildman–Crippen LogP) is 4.78. The molecule has 1 aromatic carbocycles. The normalized spacial score (nSPS) is 14.3. The van der Waals surface area contributed by atoms with Crippen LogP contribution in [0.2, 0.25) is 0 Å². The summed E-state index contributed by atoms with van der Waals surface area (Å²) in [7, 11) is -4.46. The lowest BCUT2D eigenvalue weighted by Crippen LogP contribution is -2.54. The second-order valence-electron chi connectivity index (χ2n) is 8.06. The fourth-order valence-electron chi connectivity index (χ4n) is 3.72. The van der Waals surface area contributed by atoms with Crippen molar-refractivity contribution in [1.82, 2.24) is 11.1 Å². The summed E-state index contributed by atoms with van der Waals surface area (Å²) in [6.45, 7) is 2.79. The first-order valence-corrected chi connectivity index (χ1v) is 12.5. The molecule has 1 aliphatic rings. The maximum absolute atomic E-state index is 12.1. The van der Waals surface area contributed by atoms with Crippen molar-refractivity contribution in [2.24, 2.45) is 0 Å². The first-order chi connectivity index (χ1) is 13.9. The number of amides is 1. The van der Waals surface area contributed by atoms with Crippen LogP contribution in [0.25, 0.3) is 0 Å². The minimum atomic E-state index is -4.46. The minimum Gasteiger partial charge on any atom is -0.344 e. The maximum Gasteiger partial charge on any atom is 0.469 e. The molecule has 172 valence electrons. The summed E-state index contributed by atoms with van der Waals surface area (Å²) in [5.74, 6) is 0.0423. The number of nitrogens with zero attached hydrogens (tertiary/aromatic N) is 1. The highest BCUT2D eigenvalue weighted by Gasteiger charge is 2.35. The Balaban J connectivity index is 0.00000450. The number of unbranched alkanes of at least 4 members (excludes halogenated alkanes) is 6. The maximum atomic E-state index is 12.1. The number of hydrogen-bond donors (Lipinski definition) is 3. The molecule has 7 nitrogen and oxygen atoms in total. The van der Waals surface area contributed by atoms with Gasteiger partial charge in [-0.15, -0.1) is 0 Å². The van der Waals surface area contributed by atoms with E-state index in [2.05, 4.69) is 35.7 Å². The number of rotatable bonds is 14. The summed E-state index contributed by atoms with van der Waals surface area (Å²) < 4.78 is 15.3. The Labute approximate surface area is 181 Å². The third-order valence-electron chi connectivity index (χ3n) is 5.40. The fraction of sp³-hybridized carbons (Fsp3) is 0.682. The third kappa shape index (κ3) is 10.7. The molecule has 30 heavy (non-hydrogen) atoms.